The van der Waals surface area contributed by atoms with Gasteiger partial charge in [0.1, 0.15) is 11.5 Å². The van der Waals surface area contributed by atoms with Crippen molar-refractivity contribution in [3.63, 3.8) is 0 Å². The van der Waals surface area contributed by atoms with Crippen molar-refractivity contribution in [3.05, 3.63) is 23.8 Å². The number of carbonyl (C=O) groups excluding carboxylic acids is 1. The molecule has 0 saturated carbocycles. The standard InChI is InChI=1S/C12H18N2O3/c1-8(14-4-3-12(17)13-2)9-5-10(15)7-11(16)6-9/h5-8,14-16H,3-4H2,1-2H3,(H,13,17). The highest BCUT2D eigenvalue weighted by Gasteiger charge is 2.08. The maximum absolute atomic E-state index is 11.0. The Balaban J connectivity index is 2.52. The number of carbonyl (C=O) groups is 1. The quantitative estimate of drug-likeness (QED) is 0.614. The molecule has 0 radical (unpaired) electrons. The van der Waals surface area contributed by atoms with Gasteiger partial charge in [-0.1, -0.05) is 0 Å². The van der Waals surface area contributed by atoms with E-state index >= 15 is 0 Å². The van der Waals surface area contributed by atoms with E-state index in [1.807, 2.05) is 6.92 Å². The Morgan fingerprint density at radius 3 is 2.41 bits per heavy atom. The lowest BCUT2D eigenvalue weighted by Crippen LogP contribution is -2.26. The van der Waals surface area contributed by atoms with E-state index in [4.69, 9.17) is 0 Å². The molecule has 0 fully saturated rings. The highest BCUT2D eigenvalue weighted by Crippen LogP contribution is 2.24. The van der Waals surface area contributed by atoms with E-state index < -0.39 is 0 Å². The molecule has 1 atom stereocenters. The fourth-order valence-electron chi connectivity index (χ4n) is 1.51. The van der Waals surface area contributed by atoms with E-state index in [1.165, 1.54) is 6.07 Å². The zero-order chi connectivity index (χ0) is 12.8. The zero-order valence-corrected chi connectivity index (χ0v) is 10.0. The van der Waals surface area contributed by atoms with Crippen molar-refractivity contribution in [2.45, 2.75) is 19.4 Å². The molecule has 94 valence electrons. The first kappa shape index (κ1) is 13.3. The Kier molecular flexibility index (Phi) is 4.78. The third kappa shape index (κ3) is 4.32. The van der Waals surface area contributed by atoms with Crippen molar-refractivity contribution < 1.29 is 15.0 Å². The Labute approximate surface area is 100 Å². The predicted octanol–water partition coefficient (Wildman–Crippen LogP) is 0.884. The largest absolute Gasteiger partial charge is 0.508 e. The monoisotopic (exact) mass is 238 g/mol. The molecule has 0 aliphatic rings. The van der Waals surface area contributed by atoms with E-state index in [0.29, 0.717) is 13.0 Å². The molecule has 1 rings (SSSR count). The van der Waals surface area contributed by atoms with Crippen molar-refractivity contribution in [3.8, 4) is 11.5 Å². The topological polar surface area (TPSA) is 81.6 Å². The van der Waals surface area contributed by atoms with Crippen LogP contribution in [0.15, 0.2) is 18.2 Å². The van der Waals surface area contributed by atoms with Gasteiger partial charge in [-0.05, 0) is 24.6 Å². The van der Waals surface area contributed by atoms with Crippen molar-refractivity contribution in [1.82, 2.24) is 10.6 Å². The van der Waals surface area contributed by atoms with Crippen LogP contribution in [-0.2, 0) is 4.79 Å². The second kappa shape index (κ2) is 6.10. The van der Waals surface area contributed by atoms with Crippen molar-refractivity contribution in [2.75, 3.05) is 13.6 Å². The van der Waals surface area contributed by atoms with Gasteiger partial charge in [0.25, 0.3) is 0 Å². The predicted molar refractivity (Wildman–Crippen MR) is 64.9 cm³/mol. The Morgan fingerprint density at radius 2 is 1.88 bits per heavy atom. The number of phenolic OH excluding ortho intramolecular Hbond substituents is 2. The molecule has 17 heavy (non-hydrogen) atoms. The molecule has 0 aliphatic carbocycles. The first-order valence-electron chi connectivity index (χ1n) is 5.50. The molecular weight excluding hydrogens is 220 g/mol. The van der Waals surface area contributed by atoms with Crippen LogP contribution in [0.5, 0.6) is 11.5 Å². The molecule has 0 saturated heterocycles. The smallest absolute Gasteiger partial charge is 0.221 e. The molecule has 4 N–H and O–H groups in total. The highest BCUT2D eigenvalue weighted by atomic mass is 16.3. The number of aromatic hydroxyl groups is 2. The lowest BCUT2D eigenvalue weighted by Gasteiger charge is -2.14. The van der Waals surface area contributed by atoms with E-state index in [0.717, 1.165) is 5.56 Å². The number of amides is 1. The minimum Gasteiger partial charge on any atom is -0.508 e. The van der Waals surface area contributed by atoms with Crippen LogP contribution in [0.3, 0.4) is 0 Å². The highest BCUT2D eigenvalue weighted by molar-refractivity contribution is 5.75. The van der Waals surface area contributed by atoms with Crippen LogP contribution >= 0.6 is 0 Å². The maximum atomic E-state index is 11.0. The summed E-state index contributed by atoms with van der Waals surface area (Å²) in [7, 11) is 1.60. The normalized spacial score (nSPS) is 12.1. The van der Waals surface area contributed by atoms with Crippen molar-refractivity contribution >= 4 is 5.91 Å². The maximum Gasteiger partial charge on any atom is 0.221 e. The number of hydrogen-bond acceptors (Lipinski definition) is 4. The van der Waals surface area contributed by atoms with E-state index in [9.17, 15) is 15.0 Å². The lowest BCUT2D eigenvalue weighted by molar-refractivity contribution is -0.120. The molecule has 1 unspecified atom stereocenters. The average Bonchev–Trinajstić information content (AvgIpc) is 2.27. The van der Waals surface area contributed by atoms with Crippen LogP contribution in [0.2, 0.25) is 0 Å². The number of phenols is 2. The molecule has 0 heterocycles. The van der Waals surface area contributed by atoms with Crippen LogP contribution in [0.1, 0.15) is 24.9 Å². The number of nitrogens with one attached hydrogen (secondary N) is 2. The first-order valence-corrected chi connectivity index (χ1v) is 5.50. The van der Waals surface area contributed by atoms with Crippen LogP contribution in [-0.4, -0.2) is 29.7 Å². The van der Waals surface area contributed by atoms with E-state index in [-0.39, 0.29) is 23.4 Å². The van der Waals surface area contributed by atoms with Gasteiger partial charge in [-0.25, -0.2) is 0 Å². The number of hydrogen-bond donors (Lipinski definition) is 4. The van der Waals surface area contributed by atoms with Crippen molar-refractivity contribution in [2.24, 2.45) is 0 Å². The van der Waals surface area contributed by atoms with Gasteiger partial charge in [0.2, 0.25) is 5.91 Å². The summed E-state index contributed by atoms with van der Waals surface area (Å²) in [4.78, 5) is 11.0. The second-order valence-corrected chi connectivity index (χ2v) is 3.88. The molecule has 0 spiro atoms. The summed E-state index contributed by atoms with van der Waals surface area (Å²) in [6.07, 6.45) is 0.394. The number of rotatable bonds is 5. The summed E-state index contributed by atoms with van der Waals surface area (Å²) in [5.41, 5.74) is 0.777. The molecular formula is C12H18N2O3. The zero-order valence-electron chi connectivity index (χ0n) is 10.0. The molecule has 5 nitrogen and oxygen atoms in total. The number of benzene rings is 1. The molecule has 1 aromatic carbocycles. The molecule has 0 bridgehead atoms. The van der Waals surface area contributed by atoms with Gasteiger partial charge in [0, 0.05) is 32.1 Å². The summed E-state index contributed by atoms with van der Waals surface area (Å²) in [5, 5.41) is 24.4. The van der Waals surface area contributed by atoms with Crippen LogP contribution in [0, 0.1) is 0 Å². The Morgan fingerprint density at radius 1 is 1.29 bits per heavy atom. The summed E-state index contributed by atoms with van der Waals surface area (Å²) >= 11 is 0. The summed E-state index contributed by atoms with van der Waals surface area (Å²) in [5.74, 6) is 0.0309. The Bertz CT molecular complexity index is 373. The SMILES string of the molecule is CNC(=O)CCNC(C)c1cc(O)cc(O)c1. The fourth-order valence-corrected chi connectivity index (χ4v) is 1.51. The summed E-state index contributed by atoms with van der Waals surface area (Å²) in [6.45, 7) is 2.44. The van der Waals surface area contributed by atoms with Gasteiger partial charge in [0.05, 0.1) is 0 Å². The second-order valence-electron chi connectivity index (χ2n) is 3.88. The van der Waals surface area contributed by atoms with Gasteiger partial charge in [0.15, 0.2) is 0 Å². The molecule has 0 aromatic heterocycles. The fraction of sp³-hybridized carbons (Fsp3) is 0.417. The van der Waals surface area contributed by atoms with E-state index in [2.05, 4.69) is 10.6 Å². The van der Waals surface area contributed by atoms with Crippen LogP contribution in [0.25, 0.3) is 0 Å². The van der Waals surface area contributed by atoms with Crippen molar-refractivity contribution in [1.29, 1.82) is 0 Å². The van der Waals surface area contributed by atoms with Gasteiger partial charge in [-0.2, -0.15) is 0 Å². The van der Waals surface area contributed by atoms with Gasteiger partial charge >= 0.3 is 0 Å². The average molecular weight is 238 g/mol. The van der Waals surface area contributed by atoms with Gasteiger partial charge < -0.3 is 20.8 Å². The summed E-state index contributed by atoms with van der Waals surface area (Å²) in [6, 6.07) is 4.40. The van der Waals surface area contributed by atoms with Crippen LogP contribution < -0.4 is 10.6 Å². The Hall–Kier alpha value is -1.75. The summed E-state index contributed by atoms with van der Waals surface area (Å²) < 4.78 is 0. The van der Waals surface area contributed by atoms with Gasteiger partial charge in [-0.3, -0.25) is 4.79 Å². The minimum absolute atomic E-state index is 0.0246. The lowest BCUT2D eigenvalue weighted by atomic mass is 10.1. The minimum atomic E-state index is -0.0438. The van der Waals surface area contributed by atoms with Gasteiger partial charge in [-0.15, -0.1) is 0 Å². The molecule has 1 amide bonds. The third-order valence-corrected chi connectivity index (χ3v) is 2.51. The first-order chi connectivity index (χ1) is 8.02. The molecule has 0 aliphatic heterocycles. The third-order valence-electron chi connectivity index (χ3n) is 2.51. The van der Waals surface area contributed by atoms with E-state index in [1.54, 1.807) is 19.2 Å². The molecule has 1 aromatic rings. The molecule has 5 heteroatoms. The van der Waals surface area contributed by atoms with Crippen LogP contribution in [0.4, 0.5) is 0 Å².